The summed E-state index contributed by atoms with van der Waals surface area (Å²) in [6, 6.07) is 0. The molecule has 1 rings (SSSR count). The van der Waals surface area contributed by atoms with Gasteiger partial charge in [-0.1, -0.05) is 0 Å². The van der Waals surface area contributed by atoms with E-state index in [-0.39, 0.29) is 9.84 Å². The molecule has 0 unspecified atom stereocenters. The van der Waals surface area contributed by atoms with Crippen LogP contribution in [0.4, 0.5) is 0 Å². The minimum Gasteiger partial charge on any atom is -0.378 e. The van der Waals surface area contributed by atoms with Crippen LogP contribution < -0.4 is 4.98 Å². The second-order valence-electron chi connectivity index (χ2n) is 0.784. The van der Waals surface area contributed by atoms with E-state index >= 15 is 0 Å². The Labute approximate surface area is 40.8 Å². The van der Waals surface area contributed by atoms with Crippen LogP contribution in [-0.2, 0) is 0 Å². The standard InChI is InChI=1S/CH3BrN2Si/c2-1-3-5-4-1/h5H2,(H,3,4). The van der Waals surface area contributed by atoms with Crippen molar-refractivity contribution in [1.82, 2.24) is 4.98 Å². The fraction of sp³-hybridized carbons (Fsp3) is 0. The molecule has 0 aliphatic carbocycles. The average Bonchev–Trinajstić information content (AvgIpc) is 1.30. The Morgan fingerprint density at radius 1 is 2.00 bits per heavy atom. The van der Waals surface area contributed by atoms with E-state index in [1.165, 1.54) is 0 Å². The first-order valence-electron chi connectivity index (χ1n) is 1.33. The second kappa shape index (κ2) is 1.10. The molecule has 4 heteroatoms. The van der Waals surface area contributed by atoms with Gasteiger partial charge in [-0.2, -0.15) is 0 Å². The van der Waals surface area contributed by atoms with Gasteiger partial charge in [0.1, 0.15) is 0 Å². The Morgan fingerprint density at radius 2 is 2.40 bits per heavy atom. The van der Waals surface area contributed by atoms with Crippen molar-refractivity contribution in [2.75, 3.05) is 0 Å². The summed E-state index contributed by atoms with van der Waals surface area (Å²) in [7, 11) is -0.151. The number of rotatable bonds is 0. The smallest absolute Gasteiger partial charge is 0.254 e. The third kappa shape index (κ3) is 0.514. The molecule has 0 bridgehead atoms. The van der Waals surface area contributed by atoms with E-state index in [1.807, 2.05) is 0 Å². The number of nitrogens with one attached hydrogen (secondary N) is 1. The first-order valence-corrected chi connectivity index (χ1v) is 3.46. The van der Waals surface area contributed by atoms with Gasteiger partial charge in [0.2, 0.25) is 0 Å². The van der Waals surface area contributed by atoms with Crippen molar-refractivity contribution in [3.05, 3.63) is 0 Å². The molecule has 0 aromatic rings. The van der Waals surface area contributed by atoms with Crippen molar-refractivity contribution in [2.24, 2.45) is 4.66 Å². The van der Waals surface area contributed by atoms with Crippen LogP contribution in [-0.4, -0.2) is 14.6 Å². The zero-order valence-corrected chi connectivity index (χ0v) is 5.53. The molecule has 5 heavy (non-hydrogen) atoms. The summed E-state index contributed by atoms with van der Waals surface area (Å²) in [5.74, 6) is 0. The van der Waals surface area contributed by atoms with Crippen molar-refractivity contribution >= 4 is 30.5 Å². The molecule has 0 saturated carbocycles. The van der Waals surface area contributed by atoms with Crippen LogP contribution in [0, 0.1) is 0 Å². The molecule has 0 radical (unpaired) electrons. The van der Waals surface area contributed by atoms with E-state index in [1.54, 1.807) is 0 Å². The van der Waals surface area contributed by atoms with E-state index in [2.05, 4.69) is 25.6 Å². The quantitative estimate of drug-likeness (QED) is 0.360. The molecule has 1 aliphatic heterocycles. The first-order chi connectivity index (χ1) is 2.39. The second-order valence-corrected chi connectivity index (χ2v) is 2.52. The van der Waals surface area contributed by atoms with E-state index in [4.69, 9.17) is 0 Å². The van der Waals surface area contributed by atoms with Gasteiger partial charge in [0.25, 0.3) is 9.84 Å². The molecule has 1 aliphatic rings. The lowest BCUT2D eigenvalue weighted by atomic mass is 11.4. The molecule has 0 fully saturated rings. The highest BCUT2D eigenvalue weighted by Gasteiger charge is 1.97. The Kier molecular flexibility index (Phi) is 0.739. The van der Waals surface area contributed by atoms with Crippen LogP contribution in [0.15, 0.2) is 4.66 Å². The Hall–Kier alpha value is 0.167. The lowest BCUT2D eigenvalue weighted by Gasteiger charge is -2.06. The van der Waals surface area contributed by atoms with Gasteiger partial charge in [-0.15, -0.1) is 0 Å². The van der Waals surface area contributed by atoms with Gasteiger partial charge in [0, 0.05) is 0 Å². The summed E-state index contributed by atoms with van der Waals surface area (Å²) >= 11 is 3.13. The molecule has 0 aromatic heterocycles. The van der Waals surface area contributed by atoms with Crippen molar-refractivity contribution in [1.29, 1.82) is 0 Å². The summed E-state index contributed by atoms with van der Waals surface area (Å²) in [6.07, 6.45) is 0. The highest BCUT2D eigenvalue weighted by molar-refractivity contribution is 9.18. The lowest BCUT2D eigenvalue weighted by molar-refractivity contribution is 1.38. The number of nitrogens with zero attached hydrogens (tertiary/aromatic N) is 1. The summed E-state index contributed by atoms with van der Waals surface area (Å²) in [5.41, 5.74) is 0. The molecular formula is CH3BrN2Si. The van der Waals surface area contributed by atoms with Crippen molar-refractivity contribution in [3.8, 4) is 0 Å². The molecule has 0 atom stereocenters. The first kappa shape index (κ1) is 3.36. The van der Waals surface area contributed by atoms with E-state index in [9.17, 15) is 0 Å². The maximum atomic E-state index is 3.93. The molecule has 0 aromatic carbocycles. The lowest BCUT2D eigenvalue weighted by Crippen LogP contribution is -2.31. The minimum atomic E-state index is -0.151. The number of amidine groups is 1. The summed E-state index contributed by atoms with van der Waals surface area (Å²) in [5, 5.41) is 0. The van der Waals surface area contributed by atoms with Crippen LogP contribution >= 0.6 is 15.9 Å². The Bertz CT molecular complexity index is 70.0. The molecular weight excluding hydrogens is 148 g/mol. The van der Waals surface area contributed by atoms with Crippen LogP contribution in [0.5, 0.6) is 0 Å². The number of hydrogen-bond acceptors (Lipinski definition) is 2. The summed E-state index contributed by atoms with van der Waals surface area (Å²) < 4.78 is 4.86. The largest absolute Gasteiger partial charge is 0.378 e. The third-order valence-corrected chi connectivity index (χ3v) is 2.92. The zero-order chi connectivity index (χ0) is 3.70. The van der Waals surface area contributed by atoms with Crippen LogP contribution in [0.1, 0.15) is 0 Å². The van der Waals surface area contributed by atoms with Crippen molar-refractivity contribution in [2.45, 2.75) is 0 Å². The number of hydrogen-bond donors (Lipinski definition) is 1. The molecule has 0 amide bonds. The highest BCUT2D eigenvalue weighted by Crippen LogP contribution is 1.88. The SMILES string of the molecule is BrC1=N[SiH2]N1. The topological polar surface area (TPSA) is 24.4 Å². The van der Waals surface area contributed by atoms with Gasteiger partial charge in [-0.25, -0.2) is 0 Å². The predicted octanol–water partition coefficient (Wildman–Crippen LogP) is -0.661. The summed E-state index contributed by atoms with van der Waals surface area (Å²) in [4.78, 5) is 3.01. The van der Waals surface area contributed by atoms with Gasteiger partial charge in [-0.05, 0) is 15.9 Å². The molecule has 0 spiro atoms. The number of halogens is 1. The van der Waals surface area contributed by atoms with Crippen molar-refractivity contribution < 1.29 is 0 Å². The zero-order valence-electron chi connectivity index (χ0n) is 2.53. The van der Waals surface area contributed by atoms with Crippen LogP contribution in [0.2, 0.25) is 0 Å². The molecule has 1 heterocycles. The fourth-order valence-electron chi connectivity index (χ4n) is 0.139. The molecule has 1 N–H and O–H groups in total. The minimum absolute atomic E-state index is 0.151. The van der Waals surface area contributed by atoms with Crippen LogP contribution in [0.25, 0.3) is 0 Å². The maximum absolute atomic E-state index is 3.93. The maximum Gasteiger partial charge on any atom is 0.254 e. The van der Waals surface area contributed by atoms with Gasteiger partial charge in [-0.3, -0.25) is 4.66 Å². The Morgan fingerprint density at radius 3 is 2.40 bits per heavy atom. The average molecular weight is 151 g/mol. The molecule has 0 saturated heterocycles. The van der Waals surface area contributed by atoms with Gasteiger partial charge in [0.15, 0.2) is 4.74 Å². The third-order valence-electron chi connectivity index (χ3n) is 0.443. The van der Waals surface area contributed by atoms with Crippen molar-refractivity contribution in [3.63, 3.8) is 0 Å². The summed E-state index contributed by atoms with van der Waals surface area (Å²) in [6.45, 7) is 0. The Balaban J connectivity index is 2.51. The molecule has 28 valence electrons. The van der Waals surface area contributed by atoms with E-state index < -0.39 is 0 Å². The van der Waals surface area contributed by atoms with E-state index in [0.717, 1.165) is 4.74 Å². The van der Waals surface area contributed by atoms with E-state index in [0.29, 0.717) is 0 Å². The van der Waals surface area contributed by atoms with Gasteiger partial charge in [0.05, 0.1) is 0 Å². The molecule has 2 nitrogen and oxygen atoms in total. The van der Waals surface area contributed by atoms with Gasteiger partial charge >= 0.3 is 0 Å². The monoisotopic (exact) mass is 150 g/mol. The van der Waals surface area contributed by atoms with Gasteiger partial charge < -0.3 is 4.98 Å². The predicted molar refractivity (Wildman–Crippen MR) is 28.0 cm³/mol. The van der Waals surface area contributed by atoms with Crippen LogP contribution in [0.3, 0.4) is 0 Å². The highest BCUT2D eigenvalue weighted by atomic mass is 79.9. The normalized spacial score (nSPS) is 23.8. The fourth-order valence-corrected chi connectivity index (χ4v) is 1.17.